The maximum Gasteiger partial charge on any atom is 0.271 e. The van der Waals surface area contributed by atoms with Crippen LogP contribution in [0.2, 0.25) is 0 Å². The third-order valence-electron chi connectivity index (χ3n) is 4.21. The molecule has 122 valence electrons. The van der Waals surface area contributed by atoms with E-state index in [1.807, 2.05) is 26.0 Å². The van der Waals surface area contributed by atoms with Gasteiger partial charge in [-0.1, -0.05) is 12.5 Å². The maximum atomic E-state index is 12.0. The van der Waals surface area contributed by atoms with Crippen molar-refractivity contribution in [1.82, 2.24) is 15.1 Å². The lowest BCUT2D eigenvalue weighted by Gasteiger charge is -2.25. The average molecular weight is 313 g/mol. The Morgan fingerprint density at radius 2 is 2.04 bits per heavy atom. The lowest BCUT2D eigenvalue weighted by atomic mass is 9.85. The number of rotatable bonds is 6. The number of benzene rings is 1. The fraction of sp³-hybridized carbons (Fsp3) is 0.444. The summed E-state index contributed by atoms with van der Waals surface area (Å²) in [6.45, 7) is 5.13. The summed E-state index contributed by atoms with van der Waals surface area (Å²) in [5.41, 5.74) is 2.77. The van der Waals surface area contributed by atoms with Gasteiger partial charge in [0.2, 0.25) is 0 Å². The number of aryl methyl sites for hydroxylation is 2. The van der Waals surface area contributed by atoms with Gasteiger partial charge in [0.05, 0.1) is 0 Å². The van der Waals surface area contributed by atoms with E-state index in [-0.39, 0.29) is 5.91 Å². The van der Waals surface area contributed by atoms with Gasteiger partial charge < -0.3 is 10.1 Å². The van der Waals surface area contributed by atoms with Crippen molar-refractivity contribution >= 4 is 5.91 Å². The Balaban J connectivity index is 1.53. The van der Waals surface area contributed by atoms with Gasteiger partial charge in [0, 0.05) is 12.7 Å². The minimum atomic E-state index is -0.109. The molecule has 0 saturated heterocycles. The molecule has 1 aromatic carbocycles. The standard InChI is InChI=1S/C18H23N3O2/c1-13-8-14(2)10-16(9-13)23-12-21-7-6-17(20-21)18(22)19-11-15-4-3-5-15/h6-10,15H,3-5,11-12H2,1-2H3,(H,19,22). The molecule has 0 bridgehead atoms. The molecular formula is C18H23N3O2. The van der Waals surface area contributed by atoms with Gasteiger partial charge in [-0.15, -0.1) is 0 Å². The molecule has 1 aliphatic rings. The van der Waals surface area contributed by atoms with Gasteiger partial charge >= 0.3 is 0 Å². The molecule has 1 N–H and O–H groups in total. The summed E-state index contributed by atoms with van der Waals surface area (Å²) in [6.07, 6.45) is 5.49. The Labute approximate surface area is 136 Å². The van der Waals surface area contributed by atoms with Crippen LogP contribution in [0.3, 0.4) is 0 Å². The Morgan fingerprint density at radius 1 is 1.30 bits per heavy atom. The van der Waals surface area contributed by atoms with E-state index in [0.717, 1.165) is 23.4 Å². The molecule has 0 unspecified atom stereocenters. The van der Waals surface area contributed by atoms with Gasteiger partial charge in [-0.25, -0.2) is 4.68 Å². The van der Waals surface area contributed by atoms with E-state index in [0.29, 0.717) is 18.3 Å². The van der Waals surface area contributed by atoms with Gasteiger partial charge in [0.15, 0.2) is 6.73 Å². The summed E-state index contributed by atoms with van der Waals surface area (Å²) in [5, 5.41) is 7.22. The van der Waals surface area contributed by atoms with Crippen LogP contribution in [0.5, 0.6) is 5.75 Å². The molecule has 5 heteroatoms. The minimum Gasteiger partial charge on any atom is -0.471 e. The molecule has 23 heavy (non-hydrogen) atoms. The first-order valence-corrected chi connectivity index (χ1v) is 8.13. The van der Waals surface area contributed by atoms with Crippen molar-refractivity contribution in [3.8, 4) is 5.75 Å². The Kier molecular flexibility index (Phi) is 4.65. The van der Waals surface area contributed by atoms with Crippen LogP contribution in [0.25, 0.3) is 0 Å². The maximum absolute atomic E-state index is 12.0. The minimum absolute atomic E-state index is 0.109. The van der Waals surface area contributed by atoms with Gasteiger partial charge in [0.1, 0.15) is 11.4 Å². The van der Waals surface area contributed by atoms with E-state index in [1.54, 1.807) is 16.9 Å². The summed E-state index contributed by atoms with van der Waals surface area (Å²) in [4.78, 5) is 12.0. The van der Waals surface area contributed by atoms with Crippen LogP contribution >= 0.6 is 0 Å². The molecule has 1 saturated carbocycles. The fourth-order valence-corrected chi connectivity index (χ4v) is 2.74. The molecule has 2 aromatic rings. The van der Waals surface area contributed by atoms with Crippen LogP contribution in [-0.4, -0.2) is 22.2 Å². The third-order valence-corrected chi connectivity index (χ3v) is 4.21. The first-order chi connectivity index (χ1) is 11.1. The quantitative estimate of drug-likeness (QED) is 0.891. The molecule has 0 aliphatic heterocycles. The largest absolute Gasteiger partial charge is 0.471 e. The lowest BCUT2D eigenvalue weighted by molar-refractivity contribution is 0.0932. The van der Waals surface area contributed by atoms with E-state index < -0.39 is 0 Å². The topological polar surface area (TPSA) is 56.1 Å². The van der Waals surface area contributed by atoms with Crippen LogP contribution in [0.4, 0.5) is 0 Å². The van der Waals surface area contributed by atoms with Crippen LogP contribution in [0, 0.1) is 19.8 Å². The van der Waals surface area contributed by atoms with E-state index in [1.165, 1.54) is 19.3 Å². The highest BCUT2D eigenvalue weighted by atomic mass is 16.5. The SMILES string of the molecule is Cc1cc(C)cc(OCn2ccc(C(=O)NCC3CCC3)n2)c1. The van der Waals surface area contributed by atoms with Gasteiger partial charge in [-0.2, -0.15) is 5.10 Å². The fourth-order valence-electron chi connectivity index (χ4n) is 2.74. The Bertz CT molecular complexity index is 669. The Hall–Kier alpha value is -2.30. The van der Waals surface area contributed by atoms with E-state index >= 15 is 0 Å². The number of hydrogen-bond acceptors (Lipinski definition) is 3. The number of nitrogens with one attached hydrogen (secondary N) is 1. The van der Waals surface area contributed by atoms with Crippen molar-refractivity contribution in [2.75, 3.05) is 6.54 Å². The van der Waals surface area contributed by atoms with E-state index in [4.69, 9.17) is 4.74 Å². The molecule has 0 atom stereocenters. The molecule has 0 spiro atoms. The van der Waals surface area contributed by atoms with E-state index in [9.17, 15) is 4.79 Å². The monoisotopic (exact) mass is 313 g/mol. The number of carbonyl (C=O) groups excluding carboxylic acids is 1. The summed E-state index contributed by atoms with van der Waals surface area (Å²) >= 11 is 0. The number of ether oxygens (including phenoxy) is 1. The number of hydrogen-bond donors (Lipinski definition) is 1. The van der Waals surface area contributed by atoms with Gasteiger partial charge in [0.25, 0.3) is 5.91 Å². The second-order valence-corrected chi connectivity index (χ2v) is 6.34. The van der Waals surface area contributed by atoms with Crippen molar-refractivity contribution < 1.29 is 9.53 Å². The summed E-state index contributed by atoms with van der Waals surface area (Å²) < 4.78 is 7.38. The normalized spacial score (nSPS) is 14.3. The van der Waals surface area contributed by atoms with Crippen molar-refractivity contribution in [1.29, 1.82) is 0 Å². The van der Waals surface area contributed by atoms with Crippen LogP contribution < -0.4 is 10.1 Å². The molecule has 1 fully saturated rings. The van der Waals surface area contributed by atoms with Crippen molar-refractivity contribution in [2.24, 2.45) is 5.92 Å². The van der Waals surface area contributed by atoms with Gasteiger partial charge in [-0.05, 0) is 61.9 Å². The molecule has 1 aromatic heterocycles. The van der Waals surface area contributed by atoms with Crippen LogP contribution in [0.1, 0.15) is 40.9 Å². The Morgan fingerprint density at radius 3 is 2.70 bits per heavy atom. The zero-order valence-electron chi connectivity index (χ0n) is 13.7. The number of amides is 1. The van der Waals surface area contributed by atoms with E-state index in [2.05, 4.69) is 16.5 Å². The molecule has 3 rings (SSSR count). The zero-order valence-corrected chi connectivity index (χ0v) is 13.7. The van der Waals surface area contributed by atoms with Crippen LogP contribution in [0.15, 0.2) is 30.5 Å². The molecule has 5 nitrogen and oxygen atoms in total. The number of nitrogens with zero attached hydrogens (tertiary/aromatic N) is 2. The number of carbonyl (C=O) groups is 1. The highest BCUT2D eigenvalue weighted by molar-refractivity contribution is 5.92. The average Bonchev–Trinajstić information content (AvgIpc) is 2.91. The first-order valence-electron chi connectivity index (χ1n) is 8.13. The predicted molar refractivity (Wildman–Crippen MR) is 88.4 cm³/mol. The van der Waals surface area contributed by atoms with Crippen LogP contribution in [-0.2, 0) is 6.73 Å². The molecule has 1 heterocycles. The number of aromatic nitrogens is 2. The first kappa shape index (κ1) is 15.6. The smallest absolute Gasteiger partial charge is 0.271 e. The second-order valence-electron chi connectivity index (χ2n) is 6.34. The molecule has 1 amide bonds. The van der Waals surface area contributed by atoms with Crippen molar-refractivity contribution in [3.63, 3.8) is 0 Å². The van der Waals surface area contributed by atoms with Crippen molar-refractivity contribution in [3.05, 3.63) is 47.3 Å². The van der Waals surface area contributed by atoms with Gasteiger partial charge in [-0.3, -0.25) is 4.79 Å². The summed E-state index contributed by atoms with van der Waals surface area (Å²) in [7, 11) is 0. The highest BCUT2D eigenvalue weighted by Gasteiger charge is 2.19. The molecule has 1 aliphatic carbocycles. The lowest BCUT2D eigenvalue weighted by Crippen LogP contribution is -2.32. The third kappa shape index (κ3) is 4.12. The van der Waals surface area contributed by atoms with Crippen molar-refractivity contribution in [2.45, 2.75) is 39.8 Å². The molecular weight excluding hydrogens is 290 g/mol. The highest BCUT2D eigenvalue weighted by Crippen LogP contribution is 2.25. The molecule has 0 radical (unpaired) electrons. The second kappa shape index (κ2) is 6.86. The predicted octanol–water partition coefficient (Wildman–Crippen LogP) is 3.07. The zero-order chi connectivity index (χ0) is 16.2. The summed E-state index contributed by atoms with van der Waals surface area (Å²) in [6, 6.07) is 7.80. The summed E-state index contributed by atoms with van der Waals surface area (Å²) in [5.74, 6) is 1.35.